The first-order chi connectivity index (χ1) is 12.6. The average Bonchev–Trinajstić information content (AvgIpc) is 3.07. The Morgan fingerprint density at radius 1 is 1.23 bits per heavy atom. The largest absolute Gasteiger partial charge is 0.348 e. The maximum Gasteiger partial charge on any atom is 0.271 e. The van der Waals surface area contributed by atoms with Gasteiger partial charge in [-0.3, -0.25) is 9.78 Å². The van der Waals surface area contributed by atoms with E-state index in [2.05, 4.69) is 20.3 Å². The maximum atomic E-state index is 13.8. The molecule has 0 bridgehead atoms. The van der Waals surface area contributed by atoms with Gasteiger partial charge in [0.1, 0.15) is 17.0 Å². The lowest BCUT2D eigenvalue weighted by Gasteiger charge is -2.32. The molecule has 4 rings (SSSR count). The third kappa shape index (κ3) is 3.34. The van der Waals surface area contributed by atoms with E-state index in [1.165, 1.54) is 36.0 Å². The average molecular weight is 375 g/mol. The third-order valence-electron chi connectivity index (χ3n) is 4.30. The number of fused-ring (bicyclic) bond motifs is 1. The molecule has 0 radical (unpaired) electrons. The fourth-order valence-electron chi connectivity index (χ4n) is 2.97. The molecule has 2 aromatic heterocycles. The zero-order valence-corrected chi connectivity index (χ0v) is 14.5. The van der Waals surface area contributed by atoms with Gasteiger partial charge in [-0.1, -0.05) is 11.3 Å². The van der Waals surface area contributed by atoms with Gasteiger partial charge in [-0.15, -0.1) is 0 Å². The summed E-state index contributed by atoms with van der Waals surface area (Å²) in [5, 5.41) is 3.63. The highest BCUT2D eigenvalue weighted by Crippen LogP contribution is 2.32. The molecule has 1 fully saturated rings. The first kappa shape index (κ1) is 16.8. The van der Waals surface area contributed by atoms with Crippen molar-refractivity contribution in [2.24, 2.45) is 0 Å². The van der Waals surface area contributed by atoms with Crippen molar-refractivity contribution < 1.29 is 13.6 Å². The van der Waals surface area contributed by atoms with E-state index >= 15 is 0 Å². The van der Waals surface area contributed by atoms with Crippen molar-refractivity contribution in [1.29, 1.82) is 0 Å². The number of anilines is 1. The van der Waals surface area contributed by atoms with Crippen molar-refractivity contribution in [3.8, 4) is 0 Å². The van der Waals surface area contributed by atoms with E-state index < -0.39 is 11.6 Å². The summed E-state index contributed by atoms with van der Waals surface area (Å²) in [6, 6.07) is 2.18. The van der Waals surface area contributed by atoms with Crippen molar-refractivity contribution in [2.75, 3.05) is 18.0 Å². The van der Waals surface area contributed by atoms with Gasteiger partial charge < -0.3 is 10.2 Å². The van der Waals surface area contributed by atoms with Crippen LogP contribution in [-0.2, 0) is 0 Å². The molecule has 3 aromatic rings. The quantitative estimate of drug-likeness (QED) is 0.762. The van der Waals surface area contributed by atoms with E-state index in [1.807, 2.05) is 4.90 Å². The number of carbonyl (C=O) groups excluding carboxylic acids is 1. The van der Waals surface area contributed by atoms with Crippen molar-refractivity contribution in [3.05, 3.63) is 48.1 Å². The lowest BCUT2D eigenvalue weighted by molar-refractivity contribution is 0.0925. The van der Waals surface area contributed by atoms with E-state index in [4.69, 9.17) is 0 Å². The Bertz CT molecular complexity index is 941. The molecule has 3 heterocycles. The molecular weight excluding hydrogens is 360 g/mol. The van der Waals surface area contributed by atoms with Gasteiger partial charge in [0.2, 0.25) is 0 Å². The highest BCUT2D eigenvalue weighted by molar-refractivity contribution is 7.22. The number of nitrogens with zero attached hydrogens (tertiary/aromatic N) is 4. The number of hydrogen-bond donors (Lipinski definition) is 1. The van der Waals surface area contributed by atoms with Crippen molar-refractivity contribution in [2.45, 2.75) is 18.9 Å². The molecule has 0 saturated carbocycles. The summed E-state index contributed by atoms with van der Waals surface area (Å²) in [6.45, 7) is 1.35. The molecule has 1 amide bonds. The minimum Gasteiger partial charge on any atom is -0.348 e. The zero-order chi connectivity index (χ0) is 18.1. The molecule has 0 atom stereocenters. The summed E-state index contributed by atoms with van der Waals surface area (Å²) in [5.74, 6) is -1.49. The number of halogens is 2. The lowest BCUT2D eigenvalue weighted by atomic mass is 10.1. The van der Waals surface area contributed by atoms with Crippen LogP contribution in [0.4, 0.5) is 13.9 Å². The highest BCUT2D eigenvalue weighted by atomic mass is 32.1. The van der Waals surface area contributed by atoms with Crippen LogP contribution in [0.5, 0.6) is 0 Å². The molecule has 9 heteroatoms. The van der Waals surface area contributed by atoms with Crippen LogP contribution in [0, 0.1) is 11.6 Å². The number of hydrogen-bond acceptors (Lipinski definition) is 6. The van der Waals surface area contributed by atoms with Crippen LogP contribution in [0.3, 0.4) is 0 Å². The normalized spacial score (nSPS) is 15.4. The first-order valence-corrected chi connectivity index (χ1v) is 8.99. The van der Waals surface area contributed by atoms with Gasteiger partial charge >= 0.3 is 0 Å². The number of amides is 1. The number of carbonyl (C=O) groups is 1. The fraction of sp³-hybridized carbons (Fsp3) is 0.294. The van der Waals surface area contributed by atoms with Crippen molar-refractivity contribution in [3.63, 3.8) is 0 Å². The van der Waals surface area contributed by atoms with Crippen LogP contribution in [0.15, 0.2) is 30.7 Å². The minimum atomic E-state index is -0.645. The fourth-order valence-corrected chi connectivity index (χ4v) is 4.03. The SMILES string of the molecule is O=C(NC1CCN(c2nc3c(F)cc(F)cc3s2)CC1)c1cnccn1. The molecule has 1 saturated heterocycles. The smallest absolute Gasteiger partial charge is 0.271 e. The molecule has 1 aliphatic heterocycles. The van der Waals surface area contributed by atoms with E-state index in [0.717, 1.165) is 18.9 Å². The molecule has 26 heavy (non-hydrogen) atoms. The summed E-state index contributed by atoms with van der Waals surface area (Å²) in [4.78, 5) is 26.4. The van der Waals surface area contributed by atoms with Crippen LogP contribution in [0.25, 0.3) is 10.2 Å². The van der Waals surface area contributed by atoms with E-state index in [-0.39, 0.29) is 17.5 Å². The van der Waals surface area contributed by atoms with Crippen molar-refractivity contribution >= 4 is 32.6 Å². The Kier molecular flexibility index (Phi) is 4.46. The van der Waals surface area contributed by atoms with E-state index in [0.29, 0.717) is 28.6 Å². The van der Waals surface area contributed by atoms with Crippen molar-refractivity contribution in [1.82, 2.24) is 20.3 Å². The summed E-state index contributed by atoms with van der Waals surface area (Å²) in [6.07, 6.45) is 5.89. The summed E-state index contributed by atoms with van der Waals surface area (Å²) in [5.41, 5.74) is 0.489. The van der Waals surface area contributed by atoms with Gasteiger partial charge in [-0.05, 0) is 18.9 Å². The van der Waals surface area contributed by atoms with Gasteiger partial charge in [0, 0.05) is 37.6 Å². The van der Waals surface area contributed by atoms with Gasteiger partial charge in [0.05, 0.1) is 10.9 Å². The van der Waals surface area contributed by atoms with Crippen LogP contribution in [0.1, 0.15) is 23.3 Å². The Morgan fingerprint density at radius 3 is 2.77 bits per heavy atom. The molecular formula is C17H15F2N5OS. The van der Waals surface area contributed by atoms with Crippen LogP contribution >= 0.6 is 11.3 Å². The number of benzene rings is 1. The summed E-state index contributed by atoms with van der Waals surface area (Å²) >= 11 is 1.27. The Morgan fingerprint density at radius 2 is 2.04 bits per heavy atom. The standard InChI is InChI=1S/C17H15F2N5OS/c18-10-7-12(19)15-14(8-10)26-17(23-15)24-5-1-11(2-6-24)22-16(25)13-9-20-3-4-21-13/h3-4,7-9,11H,1-2,5-6H2,(H,22,25). The minimum absolute atomic E-state index is 0.0318. The van der Waals surface area contributed by atoms with Gasteiger partial charge in [0.15, 0.2) is 10.9 Å². The lowest BCUT2D eigenvalue weighted by Crippen LogP contribution is -2.44. The Labute approximate surface area is 151 Å². The Hall–Kier alpha value is -2.68. The summed E-state index contributed by atoms with van der Waals surface area (Å²) < 4.78 is 27.7. The van der Waals surface area contributed by atoms with E-state index in [1.54, 1.807) is 0 Å². The second-order valence-electron chi connectivity index (χ2n) is 6.06. The van der Waals surface area contributed by atoms with E-state index in [9.17, 15) is 13.6 Å². The van der Waals surface area contributed by atoms with Gasteiger partial charge in [-0.2, -0.15) is 0 Å². The number of aromatic nitrogens is 3. The predicted molar refractivity (Wildman–Crippen MR) is 94.3 cm³/mol. The molecule has 0 aliphatic carbocycles. The van der Waals surface area contributed by atoms with Crippen LogP contribution in [-0.4, -0.2) is 40.0 Å². The molecule has 1 aromatic carbocycles. The maximum absolute atomic E-state index is 13.8. The molecule has 1 aliphatic rings. The number of nitrogens with one attached hydrogen (secondary N) is 1. The zero-order valence-electron chi connectivity index (χ0n) is 13.7. The van der Waals surface area contributed by atoms with Crippen LogP contribution < -0.4 is 10.2 Å². The number of piperidine rings is 1. The van der Waals surface area contributed by atoms with Crippen LogP contribution in [0.2, 0.25) is 0 Å². The third-order valence-corrected chi connectivity index (χ3v) is 5.36. The molecule has 0 spiro atoms. The monoisotopic (exact) mass is 375 g/mol. The number of thiazole rings is 1. The second kappa shape index (κ2) is 6.91. The second-order valence-corrected chi connectivity index (χ2v) is 7.07. The predicted octanol–water partition coefficient (Wildman–Crippen LogP) is 2.76. The molecule has 1 N–H and O–H groups in total. The molecule has 0 unspecified atom stereocenters. The first-order valence-electron chi connectivity index (χ1n) is 8.17. The van der Waals surface area contributed by atoms with Gasteiger partial charge in [0.25, 0.3) is 5.91 Å². The number of rotatable bonds is 3. The topological polar surface area (TPSA) is 71.0 Å². The highest BCUT2D eigenvalue weighted by Gasteiger charge is 2.24. The molecule has 134 valence electrons. The Balaban J connectivity index is 1.41. The molecule has 6 nitrogen and oxygen atoms in total. The van der Waals surface area contributed by atoms with Gasteiger partial charge in [-0.25, -0.2) is 18.7 Å². The summed E-state index contributed by atoms with van der Waals surface area (Å²) in [7, 11) is 0.